The third kappa shape index (κ3) is 4.02. The van der Waals surface area contributed by atoms with Crippen LogP contribution in [0.25, 0.3) is 0 Å². The molecule has 0 heterocycles. The maximum absolute atomic E-state index is 13.5. The molecule has 36 heavy (non-hydrogen) atoms. The fourth-order valence-electron chi connectivity index (χ4n) is 5.38. The summed E-state index contributed by atoms with van der Waals surface area (Å²) in [6.45, 7) is 5.98. The van der Waals surface area contributed by atoms with Gasteiger partial charge in [-0.15, -0.1) is 0 Å². The highest BCUT2D eigenvalue weighted by molar-refractivity contribution is 14.1. The Morgan fingerprint density at radius 3 is 2.14 bits per heavy atom. The fourth-order valence-corrected chi connectivity index (χ4v) is 5.74. The van der Waals surface area contributed by atoms with E-state index in [1.165, 1.54) is 0 Å². The number of hydrogen-bond donors (Lipinski definition) is 1. The smallest absolute Gasteiger partial charge is 0.326 e. The zero-order chi connectivity index (χ0) is 26.5. The third-order valence-corrected chi connectivity index (χ3v) is 8.79. The first kappa shape index (κ1) is 25.7. The van der Waals surface area contributed by atoms with Crippen molar-refractivity contribution in [3.8, 4) is 0 Å². The Balaban J connectivity index is 1.60. The minimum Gasteiger partial charge on any atom is -0.326 e. The van der Waals surface area contributed by atoms with E-state index in [0.29, 0.717) is 24.2 Å². The Morgan fingerprint density at radius 1 is 1.00 bits per heavy atom. The standard InChI is InChI=1S/C24H23IN4O7/c1-22(2)23(3)8-9-24(22,21(31)26-16-6-4-15(25)5-7-16)13-19(23)27-36-20(30)14-10-17(28(32)33)12-18(11-14)29(34)35/h4-7,10-12H,8-9,13H2,1-3H3,(H,26,31). The molecule has 1 amide bonds. The number of carbonyl (C=O) groups excluding carboxylic acids is 2. The number of nitrogens with one attached hydrogen (secondary N) is 1. The molecule has 2 aromatic rings. The molecule has 0 aliphatic heterocycles. The van der Waals surface area contributed by atoms with Crippen molar-refractivity contribution >= 4 is 57.2 Å². The van der Waals surface area contributed by atoms with Crippen LogP contribution in [0.3, 0.4) is 0 Å². The number of benzene rings is 2. The van der Waals surface area contributed by atoms with Crippen LogP contribution >= 0.6 is 22.6 Å². The van der Waals surface area contributed by atoms with Crippen LogP contribution in [0, 0.1) is 40.0 Å². The summed E-state index contributed by atoms with van der Waals surface area (Å²) in [4.78, 5) is 51.9. The van der Waals surface area contributed by atoms with Crippen LogP contribution in [0.15, 0.2) is 47.6 Å². The number of rotatable bonds is 6. The van der Waals surface area contributed by atoms with Crippen LogP contribution in [0.4, 0.5) is 17.1 Å². The lowest BCUT2D eigenvalue weighted by atomic mass is 9.64. The molecular weight excluding hydrogens is 583 g/mol. The van der Waals surface area contributed by atoms with Crippen LogP contribution in [0.1, 0.15) is 50.4 Å². The van der Waals surface area contributed by atoms with Crippen LogP contribution in [-0.2, 0) is 9.63 Å². The first-order chi connectivity index (χ1) is 16.8. The highest BCUT2D eigenvalue weighted by Crippen LogP contribution is 2.71. The molecule has 0 aromatic heterocycles. The molecule has 0 saturated heterocycles. The molecule has 4 rings (SSSR count). The van der Waals surface area contributed by atoms with Gasteiger partial charge >= 0.3 is 5.97 Å². The van der Waals surface area contributed by atoms with Gasteiger partial charge in [-0.1, -0.05) is 25.9 Å². The van der Waals surface area contributed by atoms with Crippen LogP contribution in [0.2, 0.25) is 0 Å². The largest absolute Gasteiger partial charge is 0.366 e. The Labute approximate surface area is 219 Å². The van der Waals surface area contributed by atoms with Gasteiger partial charge in [0.1, 0.15) is 0 Å². The molecule has 12 heteroatoms. The third-order valence-electron chi connectivity index (χ3n) is 8.07. The summed E-state index contributed by atoms with van der Waals surface area (Å²) in [5.74, 6) is -1.20. The number of oxime groups is 1. The second-order valence-electron chi connectivity index (χ2n) is 9.85. The minimum absolute atomic E-state index is 0.136. The number of anilines is 1. The van der Waals surface area contributed by atoms with Crippen molar-refractivity contribution in [1.82, 2.24) is 0 Å². The molecule has 2 atom stereocenters. The van der Waals surface area contributed by atoms with Gasteiger partial charge in [-0.3, -0.25) is 25.0 Å². The summed E-state index contributed by atoms with van der Waals surface area (Å²) >= 11 is 2.19. The second-order valence-corrected chi connectivity index (χ2v) is 11.1. The Kier molecular flexibility index (Phi) is 6.35. The molecule has 1 N–H and O–H groups in total. The lowest BCUT2D eigenvalue weighted by Crippen LogP contribution is -2.43. The summed E-state index contributed by atoms with van der Waals surface area (Å²) in [7, 11) is 0. The monoisotopic (exact) mass is 606 g/mol. The van der Waals surface area contributed by atoms with E-state index in [0.717, 1.165) is 21.8 Å². The summed E-state index contributed by atoms with van der Waals surface area (Å²) < 4.78 is 1.05. The maximum Gasteiger partial charge on any atom is 0.366 e. The van der Waals surface area contributed by atoms with Gasteiger partial charge in [0.05, 0.1) is 32.6 Å². The van der Waals surface area contributed by atoms with Crippen molar-refractivity contribution in [3.63, 3.8) is 0 Å². The van der Waals surface area contributed by atoms with E-state index in [2.05, 4.69) is 33.1 Å². The van der Waals surface area contributed by atoms with Crippen molar-refractivity contribution < 1.29 is 24.3 Å². The average Bonchev–Trinajstić information content (AvgIpc) is 3.14. The molecule has 0 spiro atoms. The molecule has 2 aromatic carbocycles. The van der Waals surface area contributed by atoms with Crippen molar-refractivity contribution in [2.45, 2.75) is 40.0 Å². The van der Waals surface area contributed by atoms with Gasteiger partial charge in [0.25, 0.3) is 11.4 Å². The van der Waals surface area contributed by atoms with Crippen LogP contribution < -0.4 is 5.32 Å². The Morgan fingerprint density at radius 2 is 1.58 bits per heavy atom. The SMILES string of the molecule is CC12CCC(C(=O)Nc3ccc(I)cc3)(CC1=NOC(=O)c1cc([N+](=O)[O-])cc([N+](=O)[O-])c1)C2(C)C. The van der Waals surface area contributed by atoms with Crippen molar-refractivity contribution in [3.05, 3.63) is 71.8 Å². The molecule has 2 bridgehead atoms. The highest BCUT2D eigenvalue weighted by Gasteiger charge is 2.71. The molecule has 2 aliphatic rings. The van der Waals surface area contributed by atoms with E-state index in [1.54, 1.807) is 0 Å². The van der Waals surface area contributed by atoms with E-state index in [4.69, 9.17) is 4.84 Å². The number of carbonyl (C=O) groups is 2. The quantitative estimate of drug-likeness (QED) is 0.198. The van der Waals surface area contributed by atoms with Gasteiger partial charge in [0, 0.05) is 33.2 Å². The van der Waals surface area contributed by atoms with Gasteiger partial charge in [0.2, 0.25) is 5.91 Å². The Hall–Kier alpha value is -3.42. The summed E-state index contributed by atoms with van der Waals surface area (Å²) in [5.41, 5.74) is -2.19. The predicted octanol–water partition coefficient (Wildman–Crippen LogP) is 5.48. The fraction of sp³-hybridized carbons (Fsp3) is 0.375. The van der Waals surface area contributed by atoms with E-state index >= 15 is 0 Å². The molecule has 2 saturated carbocycles. The van der Waals surface area contributed by atoms with Crippen molar-refractivity contribution in [2.24, 2.45) is 21.4 Å². The lowest BCUT2D eigenvalue weighted by Gasteiger charge is -2.39. The molecular formula is C24H23IN4O7. The molecule has 2 unspecified atom stereocenters. The zero-order valence-corrected chi connectivity index (χ0v) is 21.9. The predicted molar refractivity (Wildman–Crippen MR) is 139 cm³/mol. The molecule has 0 radical (unpaired) electrons. The van der Waals surface area contributed by atoms with Gasteiger partial charge in [-0.25, -0.2) is 4.79 Å². The van der Waals surface area contributed by atoms with E-state index in [9.17, 15) is 29.8 Å². The lowest BCUT2D eigenvalue weighted by molar-refractivity contribution is -0.394. The molecule has 188 valence electrons. The number of nitrogens with zero attached hydrogens (tertiary/aromatic N) is 3. The summed E-state index contributed by atoms with van der Waals surface area (Å²) in [5, 5.41) is 29.4. The number of nitro benzene ring substituents is 2. The highest BCUT2D eigenvalue weighted by atomic mass is 127. The van der Waals surface area contributed by atoms with Gasteiger partial charge in [0.15, 0.2) is 0 Å². The first-order valence-corrected chi connectivity index (χ1v) is 12.2. The Bertz CT molecular complexity index is 1290. The molecule has 2 fully saturated rings. The van der Waals surface area contributed by atoms with Crippen molar-refractivity contribution in [2.75, 3.05) is 5.32 Å². The topological polar surface area (TPSA) is 154 Å². The van der Waals surface area contributed by atoms with Gasteiger partial charge in [-0.2, -0.15) is 0 Å². The van der Waals surface area contributed by atoms with Crippen LogP contribution in [0.5, 0.6) is 0 Å². The number of non-ortho nitro benzene ring substituents is 2. The van der Waals surface area contributed by atoms with E-state index < -0.39 is 43.4 Å². The van der Waals surface area contributed by atoms with Gasteiger partial charge < -0.3 is 10.2 Å². The number of fused-ring (bicyclic) bond motifs is 2. The number of halogens is 1. The van der Waals surface area contributed by atoms with Crippen LogP contribution in [-0.4, -0.2) is 27.4 Å². The number of nitro groups is 2. The number of hydrogen-bond acceptors (Lipinski definition) is 8. The molecule has 2 aliphatic carbocycles. The average molecular weight is 606 g/mol. The first-order valence-electron chi connectivity index (χ1n) is 11.1. The summed E-state index contributed by atoms with van der Waals surface area (Å²) in [6.07, 6.45) is 1.56. The minimum atomic E-state index is -1.06. The zero-order valence-electron chi connectivity index (χ0n) is 19.7. The van der Waals surface area contributed by atoms with Crippen molar-refractivity contribution in [1.29, 1.82) is 0 Å². The maximum atomic E-state index is 13.5. The summed E-state index contributed by atoms with van der Waals surface area (Å²) in [6, 6.07) is 10.0. The molecule has 11 nitrogen and oxygen atoms in total. The van der Waals surface area contributed by atoms with Gasteiger partial charge in [-0.05, 0) is 65.1 Å². The van der Waals surface area contributed by atoms with E-state index in [1.807, 2.05) is 45.0 Å². The second kappa shape index (κ2) is 8.91. The number of amides is 1. The normalized spacial score (nSPS) is 24.9. The van der Waals surface area contributed by atoms with E-state index in [-0.39, 0.29) is 17.9 Å².